The van der Waals surface area contributed by atoms with Crippen LogP contribution in [0, 0.1) is 0 Å². The monoisotopic (exact) mass is 507 g/mol. The molecular weight excluding hydrogens is 449 g/mol. The summed E-state index contributed by atoms with van der Waals surface area (Å²) < 4.78 is 10.7. The molecule has 0 atom stereocenters. The fraction of sp³-hybridized carbons (Fsp3) is 1.00. The number of hydrogen-bond donors (Lipinski definition) is 3. The summed E-state index contributed by atoms with van der Waals surface area (Å²) in [5.41, 5.74) is 0. The largest absolute Gasteiger partial charge is 0.383 e. The minimum atomic E-state index is -3.86. The van der Waals surface area contributed by atoms with Crippen LogP contribution in [0.5, 0.6) is 0 Å². The first-order valence-corrected chi connectivity index (χ1v) is 17.7. The maximum atomic E-state index is 10.7. The van der Waals surface area contributed by atoms with E-state index in [0.717, 1.165) is 37.3 Å². The molecule has 0 aromatic heterocycles. The quantitative estimate of drug-likeness (QED) is 0.0726. The predicted molar refractivity (Wildman–Crippen MR) is 149 cm³/mol. The van der Waals surface area contributed by atoms with Gasteiger partial charge in [-0.1, -0.05) is 135 Å². The van der Waals surface area contributed by atoms with Crippen LogP contribution in [0.3, 0.4) is 0 Å². The van der Waals surface area contributed by atoms with Crippen LogP contribution >= 0.6 is 18.2 Å². The average molecular weight is 508 g/mol. The zero-order chi connectivity index (χ0) is 24.3. The summed E-state index contributed by atoms with van der Waals surface area (Å²) in [6.45, 7) is 0.689. The molecule has 0 bridgehead atoms. The second kappa shape index (κ2) is 27.1. The average Bonchev–Trinajstić information content (AvgIpc) is 2.78. The van der Waals surface area contributed by atoms with E-state index < -0.39 is 6.80 Å². The molecule has 0 heterocycles. The van der Waals surface area contributed by atoms with Crippen molar-refractivity contribution in [1.82, 2.24) is 5.32 Å². The molecule has 0 saturated carbocycles. The van der Waals surface area contributed by atoms with E-state index in [2.05, 4.69) is 12.2 Å². The van der Waals surface area contributed by atoms with Crippen molar-refractivity contribution in [3.8, 4) is 0 Å². The summed E-state index contributed by atoms with van der Waals surface area (Å²) >= 11 is 0.781. The van der Waals surface area contributed by atoms with Gasteiger partial charge in [0.05, 0.1) is 0 Å². The Bertz CT molecular complexity index is 420. The van der Waals surface area contributed by atoms with Gasteiger partial charge in [-0.05, 0) is 43.7 Å². The molecular formula is C27H58NO3PS. The van der Waals surface area contributed by atoms with E-state index in [0.29, 0.717) is 5.75 Å². The van der Waals surface area contributed by atoms with Crippen molar-refractivity contribution < 1.29 is 14.4 Å². The van der Waals surface area contributed by atoms with Crippen LogP contribution in [0.2, 0.25) is 0 Å². The maximum absolute atomic E-state index is 10.7. The van der Waals surface area contributed by atoms with Crippen molar-refractivity contribution in [3.63, 3.8) is 0 Å². The Morgan fingerprint density at radius 3 is 1.15 bits per heavy atom. The van der Waals surface area contributed by atoms with Crippen molar-refractivity contribution in [2.75, 3.05) is 18.8 Å². The van der Waals surface area contributed by atoms with Crippen molar-refractivity contribution in [3.05, 3.63) is 0 Å². The lowest BCUT2D eigenvalue weighted by atomic mass is 10.0. The zero-order valence-electron chi connectivity index (χ0n) is 22.0. The highest BCUT2D eigenvalue weighted by Gasteiger charge is 2.12. The number of hydrogen-bond acceptors (Lipinski definition) is 3. The Balaban J connectivity index is 3.03. The predicted octanol–water partition coefficient (Wildman–Crippen LogP) is 9.39. The molecule has 0 unspecified atom stereocenters. The molecule has 0 spiro atoms. The van der Waals surface area contributed by atoms with Crippen molar-refractivity contribution >= 4 is 18.2 Å². The van der Waals surface area contributed by atoms with E-state index >= 15 is 0 Å². The van der Waals surface area contributed by atoms with Crippen LogP contribution in [0.4, 0.5) is 0 Å². The second-order valence-corrected chi connectivity index (χ2v) is 13.7. The van der Waals surface area contributed by atoms with E-state index in [-0.39, 0.29) is 0 Å². The molecule has 0 amide bonds. The SMILES string of the molecule is CCCCCCCCCCCCCCCCCCCCNCCCCCCCSP(=O)(O)O. The molecule has 4 nitrogen and oxygen atoms in total. The van der Waals surface area contributed by atoms with Crippen LogP contribution < -0.4 is 5.32 Å². The first-order valence-electron chi connectivity index (χ1n) is 14.5. The van der Waals surface area contributed by atoms with Crippen LogP contribution in [0.15, 0.2) is 0 Å². The number of nitrogens with one attached hydrogen (secondary N) is 1. The normalized spacial score (nSPS) is 12.0. The molecule has 0 saturated heterocycles. The molecule has 0 aromatic rings. The third-order valence-corrected chi connectivity index (χ3v) is 8.83. The fourth-order valence-corrected chi connectivity index (χ4v) is 6.01. The standard InChI is InChI=1S/C27H58NO3PS/c1-2-3-4-5-6-7-8-9-10-11-12-13-14-15-16-17-19-22-25-28-26-23-20-18-21-24-27-33-32(29,30)31/h28H,2-27H2,1H3,(H2,29,30,31). The van der Waals surface area contributed by atoms with E-state index in [9.17, 15) is 4.57 Å². The molecule has 0 rings (SSSR count). The van der Waals surface area contributed by atoms with Gasteiger partial charge in [0.1, 0.15) is 0 Å². The van der Waals surface area contributed by atoms with Gasteiger partial charge in [-0.2, -0.15) is 0 Å². The molecule has 0 fully saturated rings. The van der Waals surface area contributed by atoms with Gasteiger partial charge in [-0.15, -0.1) is 0 Å². The van der Waals surface area contributed by atoms with Crippen molar-refractivity contribution in [2.45, 2.75) is 155 Å². The van der Waals surface area contributed by atoms with Crippen LogP contribution in [0.1, 0.15) is 155 Å². The lowest BCUT2D eigenvalue weighted by Gasteiger charge is -2.06. The Hall–Kier alpha value is 0.460. The molecule has 33 heavy (non-hydrogen) atoms. The van der Waals surface area contributed by atoms with Crippen molar-refractivity contribution in [2.24, 2.45) is 0 Å². The van der Waals surface area contributed by atoms with E-state index in [1.54, 1.807) is 0 Å². The van der Waals surface area contributed by atoms with Crippen LogP contribution in [0.25, 0.3) is 0 Å². The summed E-state index contributed by atoms with van der Waals surface area (Å²) in [6.07, 6.45) is 31.3. The van der Waals surface area contributed by atoms with Gasteiger partial charge in [0.15, 0.2) is 0 Å². The summed E-state index contributed by atoms with van der Waals surface area (Å²) in [6, 6.07) is 0. The highest BCUT2D eigenvalue weighted by atomic mass is 32.7. The molecule has 0 aromatic carbocycles. The Morgan fingerprint density at radius 2 is 0.818 bits per heavy atom. The van der Waals surface area contributed by atoms with Crippen molar-refractivity contribution in [1.29, 1.82) is 0 Å². The number of rotatable bonds is 28. The lowest BCUT2D eigenvalue weighted by molar-refractivity contribution is 0.397. The number of unbranched alkanes of at least 4 members (excludes halogenated alkanes) is 21. The van der Waals surface area contributed by atoms with Gasteiger partial charge in [0, 0.05) is 5.75 Å². The smallest absolute Gasteiger partial charge is 0.317 e. The fourth-order valence-electron chi connectivity index (χ4n) is 4.34. The molecule has 0 aliphatic rings. The first-order chi connectivity index (χ1) is 16.1. The van der Waals surface area contributed by atoms with Crippen LogP contribution in [-0.4, -0.2) is 28.6 Å². The minimum absolute atomic E-state index is 0.571. The second-order valence-electron chi connectivity index (χ2n) is 9.85. The summed E-state index contributed by atoms with van der Waals surface area (Å²) in [7, 11) is 0. The first kappa shape index (κ1) is 33.5. The minimum Gasteiger partial charge on any atom is -0.317 e. The van der Waals surface area contributed by atoms with Gasteiger partial charge >= 0.3 is 6.80 Å². The van der Waals surface area contributed by atoms with Gasteiger partial charge in [0.2, 0.25) is 0 Å². The van der Waals surface area contributed by atoms with E-state index in [1.165, 1.54) is 135 Å². The summed E-state index contributed by atoms with van der Waals surface area (Å²) in [5, 5.41) is 3.55. The Labute approximate surface area is 211 Å². The molecule has 0 aliphatic heterocycles. The van der Waals surface area contributed by atoms with Gasteiger partial charge in [-0.25, -0.2) is 4.57 Å². The zero-order valence-corrected chi connectivity index (χ0v) is 23.8. The highest BCUT2D eigenvalue weighted by molar-refractivity contribution is 8.54. The topological polar surface area (TPSA) is 69.6 Å². The summed E-state index contributed by atoms with van der Waals surface area (Å²) in [5.74, 6) is 0.571. The molecule has 3 N–H and O–H groups in total. The third kappa shape index (κ3) is 32.5. The van der Waals surface area contributed by atoms with Gasteiger partial charge in [-0.3, -0.25) is 0 Å². The molecule has 0 radical (unpaired) electrons. The molecule has 200 valence electrons. The molecule has 0 aliphatic carbocycles. The van der Waals surface area contributed by atoms with E-state index in [1.807, 2.05) is 0 Å². The lowest BCUT2D eigenvalue weighted by Crippen LogP contribution is -2.16. The Kier molecular flexibility index (Phi) is 27.4. The summed E-state index contributed by atoms with van der Waals surface area (Å²) in [4.78, 5) is 17.6. The van der Waals surface area contributed by atoms with Crippen LogP contribution in [-0.2, 0) is 4.57 Å². The van der Waals surface area contributed by atoms with Gasteiger partial charge in [0.25, 0.3) is 0 Å². The van der Waals surface area contributed by atoms with Gasteiger partial charge < -0.3 is 15.1 Å². The van der Waals surface area contributed by atoms with E-state index in [4.69, 9.17) is 9.79 Å². The highest BCUT2D eigenvalue weighted by Crippen LogP contribution is 2.50. The third-order valence-electron chi connectivity index (χ3n) is 6.46. The Morgan fingerprint density at radius 1 is 0.515 bits per heavy atom. The molecule has 6 heteroatoms. The maximum Gasteiger partial charge on any atom is 0.383 e.